The van der Waals surface area contributed by atoms with Gasteiger partial charge in [-0.15, -0.1) is 11.3 Å². The Morgan fingerprint density at radius 3 is 2.27 bits per heavy atom. The second-order valence-electron chi connectivity index (χ2n) is 8.97. The van der Waals surface area contributed by atoms with Crippen molar-refractivity contribution in [3.63, 3.8) is 0 Å². The maximum Gasteiger partial charge on any atom is 0.267 e. The van der Waals surface area contributed by atoms with Crippen molar-refractivity contribution in [2.75, 3.05) is 13.1 Å². The molecule has 0 unspecified atom stereocenters. The number of halogens is 3. The summed E-state index contributed by atoms with van der Waals surface area (Å²) in [6, 6.07) is 24.7. The molecular formula is C29H23BrCl2N2O2S. The Morgan fingerprint density at radius 2 is 1.59 bits per heavy atom. The molecule has 3 aromatic carbocycles. The number of hydrogen-bond donors (Lipinski definition) is 2. The van der Waals surface area contributed by atoms with E-state index in [2.05, 4.69) is 26.6 Å². The van der Waals surface area contributed by atoms with Gasteiger partial charge in [-0.2, -0.15) is 0 Å². The predicted octanol–water partition coefficient (Wildman–Crippen LogP) is 7.73. The lowest BCUT2D eigenvalue weighted by Gasteiger charge is -2.36. The number of carbonyl (C=O) groups is 2. The molecule has 1 aromatic heterocycles. The van der Waals surface area contributed by atoms with Crippen LogP contribution in [0.3, 0.4) is 0 Å². The van der Waals surface area contributed by atoms with Gasteiger partial charge in [0.1, 0.15) is 0 Å². The van der Waals surface area contributed by atoms with Crippen molar-refractivity contribution in [3.8, 4) is 21.6 Å². The molecular weight excluding hydrogens is 591 g/mol. The molecule has 2 heterocycles. The van der Waals surface area contributed by atoms with Gasteiger partial charge in [-0.3, -0.25) is 14.9 Å². The number of thiophene rings is 1. The highest BCUT2D eigenvalue weighted by molar-refractivity contribution is 9.10. The number of carbonyl (C=O) groups excluding carboxylic acids is 2. The van der Waals surface area contributed by atoms with Gasteiger partial charge in [0.05, 0.1) is 15.3 Å². The van der Waals surface area contributed by atoms with Crippen LogP contribution in [0.4, 0.5) is 0 Å². The minimum absolute atomic E-state index is 0.269. The van der Waals surface area contributed by atoms with E-state index in [-0.39, 0.29) is 5.91 Å². The summed E-state index contributed by atoms with van der Waals surface area (Å²) in [4.78, 5) is 28.4. The van der Waals surface area contributed by atoms with E-state index in [4.69, 9.17) is 23.2 Å². The highest BCUT2D eigenvalue weighted by atomic mass is 79.9. The Hall–Kier alpha value is -2.48. The molecule has 0 spiro atoms. The molecule has 1 aliphatic heterocycles. The number of benzene rings is 3. The molecule has 1 aliphatic rings. The van der Waals surface area contributed by atoms with E-state index in [0.717, 1.165) is 31.6 Å². The monoisotopic (exact) mass is 612 g/mol. The van der Waals surface area contributed by atoms with Gasteiger partial charge in [0.25, 0.3) is 5.91 Å². The first-order valence-corrected chi connectivity index (χ1v) is 14.2. The predicted molar refractivity (Wildman–Crippen MR) is 156 cm³/mol. The minimum atomic E-state index is -0.754. The van der Waals surface area contributed by atoms with Gasteiger partial charge in [0.15, 0.2) is 0 Å². The average Bonchev–Trinajstić information content (AvgIpc) is 3.35. The summed E-state index contributed by atoms with van der Waals surface area (Å²) in [5.41, 5.74) is 2.75. The molecule has 4 aromatic rings. The molecule has 0 radical (unpaired) electrons. The Balaban J connectivity index is 1.51. The second-order valence-corrected chi connectivity index (χ2v) is 11.8. The van der Waals surface area contributed by atoms with Crippen LogP contribution < -0.4 is 10.6 Å². The summed E-state index contributed by atoms with van der Waals surface area (Å²) in [6.07, 6.45) is 1.24. The lowest BCUT2D eigenvalue weighted by molar-refractivity contribution is -0.126. The van der Waals surface area contributed by atoms with Gasteiger partial charge in [0.2, 0.25) is 5.91 Å². The third kappa shape index (κ3) is 5.40. The molecule has 0 atom stereocenters. The van der Waals surface area contributed by atoms with Crippen LogP contribution in [0, 0.1) is 0 Å². The lowest BCUT2D eigenvalue weighted by atomic mass is 9.72. The maximum atomic E-state index is 13.7. The highest BCUT2D eigenvalue weighted by Gasteiger charge is 2.42. The Labute approximate surface area is 238 Å². The number of nitrogens with one attached hydrogen (secondary N) is 2. The van der Waals surface area contributed by atoms with Crippen LogP contribution in [-0.2, 0) is 10.2 Å². The van der Waals surface area contributed by atoms with Crippen molar-refractivity contribution in [3.05, 3.63) is 104 Å². The molecule has 0 bridgehead atoms. The van der Waals surface area contributed by atoms with Crippen LogP contribution in [0.2, 0.25) is 10.0 Å². The van der Waals surface area contributed by atoms with E-state index in [1.165, 1.54) is 11.3 Å². The molecule has 37 heavy (non-hydrogen) atoms. The molecule has 4 nitrogen and oxygen atoms in total. The molecule has 0 saturated carbocycles. The van der Waals surface area contributed by atoms with Crippen LogP contribution in [0.25, 0.3) is 21.6 Å². The number of imide groups is 1. The van der Waals surface area contributed by atoms with Gasteiger partial charge in [-0.05, 0) is 67.4 Å². The molecule has 1 fully saturated rings. The van der Waals surface area contributed by atoms with Crippen LogP contribution in [0.1, 0.15) is 28.1 Å². The Bertz CT molecular complexity index is 1450. The van der Waals surface area contributed by atoms with Crippen molar-refractivity contribution in [1.29, 1.82) is 0 Å². The maximum absolute atomic E-state index is 13.7. The quantitative estimate of drug-likeness (QED) is 0.226. The van der Waals surface area contributed by atoms with E-state index in [1.807, 2.05) is 66.7 Å². The molecule has 5 rings (SSSR count). The summed E-state index contributed by atoms with van der Waals surface area (Å²) in [5.74, 6) is -0.687. The third-order valence-corrected chi connectivity index (χ3v) is 8.98. The third-order valence-electron chi connectivity index (χ3n) is 6.73. The summed E-state index contributed by atoms with van der Waals surface area (Å²) >= 11 is 17.5. The molecule has 1 saturated heterocycles. The van der Waals surface area contributed by atoms with Crippen molar-refractivity contribution < 1.29 is 9.59 Å². The summed E-state index contributed by atoms with van der Waals surface area (Å²) in [5, 5.41) is 7.07. The van der Waals surface area contributed by atoms with Crippen molar-refractivity contribution in [1.82, 2.24) is 10.6 Å². The molecule has 2 amide bonds. The largest absolute Gasteiger partial charge is 0.317 e. The average molecular weight is 614 g/mol. The normalized spacial score (nSPS) is 14.8. The first-order valence-electron chi connectivity index (χ1n) is 11.8. The number of piperidine rings is 1. The molecule has 2 N–H and O–H groups in total. The van der Waals surface area contributed by atoms with Gasteiger partial charge in [-0.25, -0.2) is 0 Å². The van der Waals surface area contributed by atoms with E-state index in [1.54, 1.807) is 12.1 Å². The number of hydrogen-bond acceptors (Lipinski definition) is 4. The van der Waals surface area contributed by atoms with E-state index >= 15 is 0 Å². The fraction of sp³-hybridized carbons (Fsp3) is 0.172. The first kappa shape index (κ1) is 26.1. The lowest BCUT2D eigenvalue weighted by Crippen LogP contribution is -2.52. The van der Waals surface area contributed by atoms with Crippen molar-refractivity contribution in [2.45, 2.75) is 18.3 Å². The van der Waals surface area contributed by atoms with E-state index in [0.29, 0.717) is 40.9 Å². The first-order chi connectivity index (χ1) is 17.9. The fourth-order valence-electron chi connectivity index (χ4n) is 4.76. The van der Waals surface area contributed by atoms with Crippen LogP contribution in [0.15, 0.2) is 83.3 Å². The number of rotatable bonds is 5. The van der Waals surface area contributed by atoms with Gasteiger partial charge >= 0.3 is 0 Å². The smallest absolute Gasteiger partial charge is 0.267 e. The van der Waals surface area contributed by atoms with Crippen LogP contribution >= 0.6 is 50.5 Å². The highest BCUT2D eigenvalue weighted by Crippen LogP contribution is 2.43. The molecule has 0 aliphatic carbocycles. The standard InChI is InChI=1S/C29H23BrCl2N2O2S/c30-20-8-6-18(7-9-20)23-17-25(37-26(23)22-11-10-21(31)16-24(22)32)27(35)34-28(36)29(12-14-33-15-13-29)19-4-2-1-3-5-19/h1-11,16-17,33H,12-15H2,(H,34,35,36). The second kappa shape index (κ2) is 11.1. The summed E-state index contributed by atoms with van der Waals surface area (Å²) < 4.78 is 0.953. The van der Waals surface area contributed by atoms with Crippen LogP contribution in [0.5, 0.6) is 0 Å². The SMILES string of the molecule is O=C(NC(=O)C1(c2ccccc2)CCNCC1)c1cc(-c2ccc(Br)cc2)c(-c2ccc(Cl)cc2Cl)s1. The Kier molecular flexibility index (Phi) is 7.84. The van der Waals surface area contributed by atoms with Crippen molar-refractivity contribution in [2.24, 2.45) is 0 Å². The zero-order valence-corrected chi connectivity index (χ0v) is 23.6. The van der Waals surface area contributed by atoms with Gasteiger partial charge in [-0.1, -0.05) is 87.7 Å². The van der Waals surface area contributed by atoms with Gasteiger partial charge < -0.3 is 5.32 Å². The van der Waals surface area contributed by atoms with E-state index in [9.17, 15) is 9.59 Å². The zero-order chi connectivity index (χ0) is 26.0. The summed E-state index contributed by atoms with van der Waals surface area (Å²) in [7, 11) is 0. The Morgan fingerprint density at radius 1 is 0.892 bits per heavy atom. The topological polar surface area (TPSA) is 58.2 Å². The zero-order valence-electron chi connectivity index (χ0n) is 19.7. The van der Waals surface area contributed by atoms with Crippen molar-refractivity contribution >= 4 is 62.3 Å². The van der Waals surface area contributed by atoms with Crippen LogP contribution in [-0.4, -0.2) is 24.9 Å². The minimum Gasteiger partial charge on any atom is -0.317 e. The summed E-state index contributed by atoms with van der Waals surface area (Å²) in [6.45, 7) is 1.42. The van der Waals surface area contributed by atoms with Gasteiger partial charge in [0, 0.05) is 25.5 Å². The number of amides is 2. The fourth-order valence-corrected chi connectivity index (χ4v) is 6.70. The molecule has 8 heteroatoms. The van der Waals surface area contributed by atoms with E-state index < -0.39 is 11.3 Å². The molecule has 188 valence electrons.